The summed E-state index contributed by atoms with van der Waals surface area (Å²) < 4.78 is 8.64. The lowest BCUT2D eigenvalue weighted by molar-refractivity contribution is 0.0943. The number of nitrogens with two attached hydrogens (primary N) is 1. The molecule has 0 aliphatic rings. The van der Waals surface area contributed by atoms with Gasteiger partial charge in [0.2, 0.25) is 5.91 Å². The first-order chi connectivity index (χ1) is 62.4. The molecule has 9 heterocycles. The fourth-order valence-corrected chi connectivity index (χ4v) is 18.4. The standard InChI is InChI=1S/C28H31N3O2.C27H28N4O3.C27H29N3O2.C25H27N5O2/c1-16-11-12-22(14-17(16)2)20(5)31-21(6)26(23-9-7-8-10-25(23)31)28(33)29-15-24-18(3)13-19(4)30-27(24)32;1-15-12-16(2)30-26(33)22(15)14-29-27(34)24-18(4)31(23-11-6-5-10-21(23)24)17(3)19-8-7-9-20(13-19)25(28)32;1-16-10-6-7-11-21(16)19(4)30-20(5)25(22-12-8-9-13-24(22)30)27(32)28-15-23-17(2)14-18(3)29-26(23)31;1-14-11-15(2)28-24(31)20(14)12-27-25(32)22-17(4)30(16(3)19-9-7-6-8-10-19)23-21(22)13-26-18(5)29-23/h7-14,20H,15H2,1-6H3,(H,29,33)(H,30,32);5-13,17H,14H2,1-4H3,(H2,28,32)(H,29,34)(H,30,33);6-14,19H,15H2,1-5H3,(H,28,32)(H,29,31);6-11,13,16H,12H2,1-5H3,(H,27,32)(H,28,31)/t;;;16-/m...1/s1. The zero-order valence-electron chi connectivity index (χ0n) is 78.1. The maximum absolute atomic E-state index is 13.4. The molecule has 0 bridgehead atoms. The van der Waals surface area contributed by atoms with E-state index in [2.05, 4.69) is 172 Å². The number of aryl methyl sites for hydroxylation is 12. The normalized spacial score (nSPS) is 12.1. The fraction of sp³-hybridized carbons (Fsp3) is 0.262. The van der Waals surface area contributed by atoms with Crippen LogP contribution in [-0.2, 0) is 26.2 Å². The van der Waals surface area contributed by atoms with Crippen molar-refractivity contribution in [3.8, 4) is 0 Å². The summed E-state index contributed by atoms with van der Waals surface area (Å²) >= 11 is 0. The number of carbonyl (C=O) groups is 5. The Morgan fingerprint density at radius 3 is 1.05 bits per heavy atom. The first kappa shape index (κ1) is 93.6. The van der Waals surface area contributed by atoms with E-state index >= 15 is 0 Å². The molecule has 16 aromatic rings. The van der Waals surface area contributed by atoms with Gasteiger partial charge in [-0.1, -0.05) is 140 Å². The van der Waals surface area contributed by atoms with Gasteiger partial charge < -0.3 is 65.2 Å². The van der Waals surface area contributed by atoms with Gasteiger partial charge in [0.15, 0.2) is 0 Å². The Labute approximate surface area is 761 Å². The van der Waals surface area contributed by atoms with E-state index in [4.69, 9.17) is 5.73 Å². The summed E-state index contributed by atoms with van der Waals surface area (Å²) in [4.78, 5) is 135. The third kappa shape index (κ3) is 19.7. The monoisotopic (exact) mass is 1750 g/mol. The molecule has 5 amide bonds. The Kier molecular flexibility index (Phi) is 28.3. The molecule has 0 spiro atoms. The van der Waals surface area contributed by atoms with E-state index < -0.39 is 5.91 Å². The highest BCUT2D eigenvalue weighted by Crippen LogP contribution is 2.38. The van der Waals surface area contributed by atoms with Crippen LogP contribution in [0, 0.1) is 111 Å². The summed E-state index contributed by atoms with van der Waals surface area (Å²) in [6.07, 6.45) is 1.71. The molecule has 4 atom stereocenters. The maximum atomic E-state index is 13.4. The minimum absolute atomic E-state index is 0.0169. The highest BCUT2D eigenvalue weighted by Gasteiger charge is 2.30. The molecule has 0 saturated carbocycles. The van der Waals surface area contributed by atoms with Crippen LogP contribution in [0.15, 0.2) is 219 Å². The number of fused-ring (bicyclic) bond motifs is 4. The predicted octanol–water partition coefficient (Wildman–Crippen LogP) is 18.3. The second kappa shape index (κ2) is 39.7. The SMILES string of the molecule is Cc1cc(C)c(CNC(=O)c2c(C)n(C(C)c3ccc(C)c(C)c3)c3ccccc23)c(=O)[nH]1.Cc1cc(C)c(CNC(=O)c2c(C)n(C(C)c3cccc(C(N)=O)c3)c3ccccc23)c(=O)[nH]1.Cc1cc(C)c(CNC(=O)c2c(C)n(C(C)c3ccccc3C)c3ccccc23)c(=O)[nH]1.Cc1ncc2c(C(=O)NCc3c(C)cc(C)[nH]c3=O)c(C)n([C@H](C)c3ccccc3)c2n1. The van der Waals surface area contributed by atoms with Gasteiger partial charge in [-0.15, -0.1) is 0 Å². The summed E-state index contributed by atoms with van der Waals surface area (Å²) in [6.45, 7) is 40.0. The lowest BCUT2D eigenvalue weighted by Crippen LogP contribution is -2.28. The number of hydrogen-bond donors (Lipinski definition) is 9. The van der Waals surface area contributed by atoms with Crippen molar-refractivity contribution in [3.63, 3.8) is 0 Å². The molecule has 672 valence electrons. The molecule has 16 rings (SSSR count). The van der Waals surface area contributed by atoms with Crippen molar-refractivity contribution >= 4 is 73.3 Å². The lowest BCUT2D eigenvalue weighted by Gasteiger charge is -2.20. The molecule has 9 aromatic heterocycles. The molecule has 7 aromatic carbocycles. The van der Waals surface area contributed by atoms with Crippen molar-refractivity contribution < 1.29 is 24.0 Å². The quantitative estimate of drug-likeness (QED) is 0.0325. The van der Waals surface area contributed by atoms with Crippen molar-refractivity contribution in [3.05, 3.63) is 404 Å². The molecule has 24 heteroatoms. The number of aromatic nitrogens is 10. The third-order valence-corrected chi connectivity index (χ3v) is 25.3. The molecular formula is C107H115N15O9. The number of benzene rings is 7. The molecule has 24 nitrogen and oxygen atoms in total. The first-order valence-electron chi connectivity index (χ1n) is 44.0. The summed E-state index contributed by atoms with van der Waals surface area (Å²) in [5, 5.41) is 15.2. The molecule has 0 radical (unpaired) electrons. The summed E-state index contributed by atoms with van der Waals surface area (Å²) in [5.41, 5.74) is 31.8. The van der Waals surface area contributed by atoms with Crippen LogP contribution in [-0.4, -0.2) is 77.7 Å². The van der Waals surface area contributed by atoms with E-state index in [0.29, 0.717) is 61.3 Å². The summed E-state index contributed by atoms with van der Waals surface area (Å²) in [7, 11) is 0. The van der Waals surface area contributed by atoms with E-state index in [9.17, 15) is 43.2 Å². The number of hydrogen-bond acceptors (Lipinski definition) is 11. The van der Waals surface area contributed by atoms with Crippen molar-refractivity contribution in [1.29, 1.82) is 0 Å². The van der Waals surface area contributed by atoms with E-state index in [1.54, 1.807) is 18.3 Å². The molecular weight excluding hydrogens is 1640 g/mol. The Balaban J connectivity index is 0.000000149. The van der Waals surface area contributed by atoms with Crippen LogP contribution in [0.4, 0.5) is 0 Å². The van der Waals surface area contributed by atoms with E-state index in [-0.39, 0.29) is 96.2 Å². The van der Waals surface area contributed by atoms with Crippen molar-refractivity contribution in [1.82, 2.24) is 69.4 Å². The number of carbonyl (C=O) groups excluding carboxylic acids is 5. The number of nitrogens with zero attached hydrogens (tertiary/aromatic N) is 6. The smallest absolute Gasteiger partial charge is 0.254 e. The van der Waals surface area contributed by atoms with Gasteiger partial charge in [0, 0.05) is 138 Å². The Morgan fingerprint density at radius 2 is 0.664 bits per heavy atom. The Morgan fingerprint density at radius 1 is 0.328 bits per heavy atom. The molecule has 0 saturated heterocycles. The summed E-state index contributed by atoms with van der Waals surface area (Å²) in [5.74, 6) is -0.680. The van der Waals surface area contributed by atoms with Crippen LogP contribution in [0.5, 0.6) is 0 Å². The van der Waals surface area contributed by atoms with Crippen LogP contribution in [0.3, 0.4) is 0 Å². The van der Waals surface area contributed by atoms with Gasteiger partial charge >= 0.3 is 0 Å². The van der Waals surface area contributed by atoms with Gasteiger partial charge in [0.25, 0.3) is 45.9 Å². The number of rotatable bonds is 21. The molecule has 3 unspecified atom stereocenters. The van der Waals surface area contributed by atoms with Gasteiger partial charge in [-0.25, -0.2) is 9.97 Å². The zero-order valence-corrected chi connectivity index (χ0v) is 78.1. The molecule has 0 aliphatic heterocycles. The maximum Gasteiger partial charge on any atom is 0.254 e. The lowest BCUT2D eigenvalue weighted by atomic mass is 10.0. The minimum atomic E-state index is -0.482. The predicted molar refractivity (Wildman–Crippen MR) is 522 cm³/mol. The zero-order chi connectivity index (χ0) is 94.4. The van der Waals surface area contributed by atoms with Crippen molar-refractivity contribution in [2.24, 2.45) is 5.73 Å². The fourth-order valence-electron chi connectivity index (χ4n) is 18.4. The largest absolute Gasteiger partial charge is 0.366 e. The highest BCUT2D eigenvalue weighted by atomic mass is 16.2. The number of H-pyrrole nitrogens is 4. The topological polar surface area (TPSA) is 336 Å². The first-order valence-corrected chi connectivity index (χ1v) is 44.0. The highest BCUT2D eigenvalue weighted by molar-refractivity contribution is 6.11. The second-order valence-corrected chi connectivity index (χ2v) is 34.3. The third-order valence-electron chi connectivity index (χ3n) is 25.3. The molecule has 0 fully saturated rings. The van der Waals surface area contributed by atoms with E-state index in [0.717, 1.165) is 117 Å². The van der Waals surface area contributed by atoms with Crippen LogP contribution >= 0.6 is 0 Å². The molecule has 10 N–H and O–H groups in total. The van der Waals surface area contributed by atoms with Crippen molar-refractivity contribution in [2.45, 2.75) is 189 Å². The van der Waals surface area contributed by atoms with Crippen molar-refractivity contribution in [2.75, 3.05) is 0 Å². The molecule has 131 heavy (non-hydrogen) atoms. The second-order valence-electron chi connectivity index (χ2n) is 34.3. The number of nitrogens with one attached hydrogen (secondary N) is 8. The number of amides is 5. The molecule has 0 aliphatic carbocycles. The Hall–Kier alpha value is -15.1. The minimum Gasteiger partial charge on any atom is -0.366 e. The van der Waals surface area contributed by atoms with Crippen LogP contribution in [0.25, 0.3) is 43.7 Å². The van der Waals surface area contributed by atoms with Gasteiger partial charge in [0.1, 0.15) is 11.5 Å². The Bertz CT molecular complexity index is 7390. The van der Waals surface area contributed by atoms with Crippen LogP contribution in [0.2, 0.25) is 0 Å². The van der Waals surface area contributed by atoms with Crippen LogP contribution < -0.4 is 49.2 Å². The number of primary amides is 1. The average Bonchev–Trinajstić information content (AvgIpc) is 2.20. The van der Waals surface area contributed by atoms with Gasteiger partial charge in [-0.3, -0.25) is 43.2 Å². The average molecular weight is 1760 g/mol. The van der Waals surface area contributed by atoms with Gasteiger partial charge in [-0.2, -0.15) is 0 Å². The van der Waals surface area contributed by atoms with Gasteiger partial charge in [0.05, 0.1) is 51.8 Å². The van der Waals surface area contributed by atoms with E-state index in [1.165, 1.54) is 27.8 Å². The number of pyridine rings is 4. The van der Waals surface area contributed by atoms with Crippen LogP contribution in [0.1, 0.15) is 238 Å². The van der Waals surface area contributed by atoms with E-state index in [1.807, 2.05) is 218 Å². The summed E-state index contributed by atoms with van der Waals surface area (Å²) in [6, 6.07) is 63.6. The number of aromatic amines is 4. The van der Waals surface area contributed by atoms with Gasteiger partial charge in [-0.05, 0) is 254 Å². The number of para-hydroxylation sites is 3.